The number of carboxylic acids is 1. The van der Waals surface area contributed by atoms with Crippen LogP contribution in [-0.2, 0) is 11.3 Å². The Hall–Kier alpha value is -4.15. The fraction of sp³-hybridized carbons (Fsp3) is 0.100. The second-order valence-electron chi connectivity index (χ2n) is 6.24. The molecular weight excluding hydrogens is 415 g/mol. The number of carbonyl (C=O) groups excluding carboxylic acids is 1. The molecule has 2 aromatic carbocycles. The van der Waals surface area contributed by atoms with Crippen LogP contribution in [0.3, 0.4) is 0 Å². The standard InChI is InChI=1S/C18H15N5O.C2HF3O2/c24-18(16-10-15(21-22-16)12-6-2-1-3-7-12)19-11-17-13-8-4-5-9-14(13)20-23-17;3-2(4,5)1(6)7/h1-10H,11H2,(H,19,24)(H,20,23)(H,21,22);(H,6,7). The van der Waals surface area contributed by atoms with Crippen molar-refractivity contribution in [2.75, 3.05) is 0 Å². The van der Waals surface area contributed by atoms with Crippen molar-refractivity contribution in [2.24, 2.45) is 0 Å². The summed E-state index contributed by atoms with van der Waals surface area (Å²) in [7, 11) is 0. The monoisotopic (exact) mass is 431 g/mol. The number of nitrogens with zero attached hydrogens (tertiary/aromatic N) is 2. The Balaban J connectivity index is 0.000000339. The lowest BCUT2D eigenvalue weighted by atomic mass is 10.1. The molecule has 0 aliphatic rings. The number of para-hydroxylation sites is 1. The number of fused-ring (bicyclic) bond motifs is 1. The van der Waals surface area contributed by atoms with E-state index in [0.29, 0.717) is 12.2 Å². The number of benzene rings is 2. The zero-order valence-corrected chi connectivity index (χ0v) is 15.8. The van der Waals surface area contributed by atoms with Crippen molar-refractivity contribution >= 4 is 22.8 Å². The summed E-state index contributed by atoms with van der Waals surface area (Å²) in [6, 6.07) is 19.3. The van der Waals surface area contributed by atoms with E-state index in [1.54, 1.807) is 6.07 Å². The highest BCUT2D eigenvalue weighted by Gasteiger charge is 2.38. The number of H-pyrrole nitrogens is 2. The van der Waals surface area contributed by atoms with Gasteiger partial charge in [-0.05, 0) is 12.1 Å². The summed E-state index contributed by atoms with van der Waals surface area (Å²) < 4.78 is 31.7. The largest absolute Gasteiger partial charge is 0.490 e. The van der Waals surface area contributed by atoms with Crippen LogP contribution in [0.1, 0.15) is 16.2 Å². The van der Waals surface area contributed by atoms with Crippen molar-refractivity contribution in [3.05, 3.63) is 72.1 Å². The third kappa shape index (κ3) is 5.47. The van der Waals surface area contributed by atoms with Crippen LogP contribution in [0.4, 0.5) is 13.2 Å². The molecule has 0 bridgehead atoms. The first-order valence-corrected chi connectivity index (χ1v) is 8.87. The van der Waals surface area contributed by atoms with Crippen molar-refractivity contribution in [1.82, 2.24) is 25.7 Å². The van der Waals surface area contributed by atoms with Crippen LogP contribution in [0, 0.1) is 0 Å². The molecule has 4 rings (SSSR count). The minimum atomic E-state index is -5.08. The van der Waals surface area contributed by atoms with Crippen LogP contribution >= 0.6 is 0 Å². The average molecular weight is 431 g/mol. The predicted molar refractivity (Wildman–Crippen MR) is 105 cm³/mol. The second-order valence-corrected chi connectivity index (χ2v) is 6.24. The van der Waals surface area contributed by atoms with Gasteiger partial charge in [0.25, 0.3) is 5.91 Å². The molecule has 0 atom stereocenters. The first-order valence-electron chi connectivity index (χ1n) is 8.87. The maximum Gasteiger partial charge on any atom is 0.490 e. The molecule has 0 saturated carbocycles. The van der Waals surface area contributed by atoms with E-state index in [1.807, 2.05) is 54.6 Å². The van der Waals surface area contributed by atoms with E-state index in [0.717, 1.165) is 27.9 Å². The van der Waals surface area contributed by atoms with Crippen molar-refractivity contribution in [3.63, 3.8) is 0 Å². The molecule has 4 N–H and O–H groups in total. The lowest BCUT2D eigenvalue weighted by Gasteiger charge is -2.01. The molecule has 2 heterocycles. The number of amides is 1. The topological polar surface area (TPSA) is 124 Å². The summed E-state index contributed by atoms with van der Waals surface area (Å²) >= 11 is 0. The highest BCUT2D eigenvalue weighted by molar-refractivity contribution is 5.93. The fourth-order valence-electron chi connectivity index (χ4n) is 2.61. The van der Waals surface area contributed by atoms with Gasteiger partial charge in [0.1, 0.15) is 5.69 Å². The van der Waals surface area contributed by atoms with Gasteiger partial charge >= 0.3 is 12.1 Å². The summed E-state index contributed by atoms with van der Waals surface area (Å²) in [5.41, 5.74) is 3.90. The Morgan fingerprint density at radius 1 is 0.968 bits per heavy atom. The van der Waals surface area contributed by atoms with Crippen molar-refractivity contribution in [3.8, 4) is 11.3 Å². The average Bonchev–Trinajstić information content (AvgIpc) is 3.40. The van der Waals surface area contributed by atoms with Gasteiger partial charge in [-0.25, -0.2) is 4.79 Å². The van der Waals surface area contributed by atoms with E-state index < -0.39 is 12.1 Å². The second kappa shape index (κ2) is 9.11. The van der Waals surface area contributed by atoms with Gasteiger partial charge in [0.15, 0.2) is 0 Å². The molecule has 1 amide bonds. The minimum absolute atomic E-state index is 0.205. The molecule has 0 aliphatic carbocycles. The molecule has 160 valence electrons. The summed E-state index contributed by atoms with van der Waals surface area (Å²) in [6.07, 6.45) is -5.08. The number of alkyl halides is 3. The summed E-state index contributed by atoms with van der Waals surface area (Å²) in [5.74, 6) is -2.96. The summed E-state index contributed by atoms with van der Waals surface area (Å²) in [6.45, 7) is 0.374. The normalized spacial score (nSPS) is 10.9. The SMILES string of the molecule is O=C(NCc1[nH]nc2ccccc12)c1cc(-c2ccccc2)n[nH]1.O=C(O)C(F)(F)F. The smallest absolute Gasteiger partial charge is 0.475 e. The quantitative estimate of drug-likeness (QED) is 0.394. The third-order valence-corrected chi connectivity index (χ3v) is 4.10. The van der Waals surface area contributed by atoms with Crippen molar-refractivity contribution in [2.45, 2.75) is 12.7 Å². The Kier molecular flexibility index (Phi) is 6.34. The van der Waals surface area contributed by atoms with Crippen LogP contribution in [-0.4, -0.2) is 43.6 Å². The van der Waals surface area contributed by atoms with Gasteiger partial charge in [0.2, 0.25) is 0 Å². The molecule has 8 nitrogen and oxygen atoms in total. The summed E-state index contributed by atoms with van der Waals surface area (Å²) in [5, 5.41) is 25.2. The Morgan fingerprint density at radius 2 is 1.61 bits per heavy atom. The fourth-order valence-corrected chi connectivity index (χ4v) is 2.61. The van der Waals surface area contributed by atoms with Crippen LogP contribution in [0.25, 0.3) is 22.2 Å². The van der Waals surface area contributed by atoms with E-state index >= 15 is 0 Å². The zero-order valence-electron chi connectivity index (χ0n) is 15.8. The lowest BCUT2D eigenvalue weighted by Crippen LogP contribution is -2.23. The Morgan fingerprint density at radius 3 is 2.29 bits per heavy atom. The molecule has 0 spiro atoms. The van der Waals surface area contributed by atoms with E-state index in [4.69, 9.17) is 9.90 Å². The molecule has 0 unspecified atom stereocenters. The molecule has 0 aliphatic heterocycles. The number of nitrogens with one attached hydrogen (secondary N) is 3. The number of halogens is 3. The van der Waals surface area contributed by atoms with E-state index in [9.17, 15) is 18.0 Å². The van der Waals surface area contributed by atoms with Gasteiger partial charge in [-0.1, -0.05) is 48.5 Å². The molecule has 11 heteroatoms. The van der Waals surface area contributed by atoms with Crippen molar-refractivity contribution in [1.29, 1.82) is 0 Å². The van der Waals surface area contributed by atoms with Crippen LogP contribution in [0.15, 0.2) is 60.7 Å². The van der Waals surface area contributed by atoms with Crippen LogP contribution < -0.4 is 5.32 Å². The van der Waals surface area contributed by atoms with E-state index in [2.05, 4.69) is 25.7 Å². The molecule has 0 fully saturated rings. The Bertz CT molecular complexity index is 1190. The number of rotatable bonds is 4. The maximum atomic E-state index is 12.3. The van der Waals surface area contributed by atoms with Gasteiger partial charge in [0, 0.05) is 10.9 Å². The number of hydrogen-bond donors (Lipinski definition) is 4. The molecule has 2 aromatic heterocycles. The number of aromatic amines is 2. The van der Waals surface area contributed by atoms with E-state index in [1.165, 1.54) is 0 Å². The van der Waals surface area contributed by atoms with Gasteiger partial charge in [0.05, 0.1) is 23.4 Å². The highest BCUT2D eigenvalue weighted by atomic mass is 19.4. The first kappa shape index (κ1) is 21.6. The molecular formula is C20H16F3N5O3. The van der Waals surface area contributed by atoms with Crippen LogP contribution in [0.5, 0.6) is 0 Å². The number of carbonyl (C=O) groups is 2. The Labute approximate surface area is 173 Å². The first-order chi connectivity index (χ1) is 14.8. The minimum Gasteiger partial charge on any atom is -0.475 e. The molecule has 4 aromatic rings. The van der Waals surface area contributed by atoms with Gasteiger partial charge in [-0.15, -0.1) is 0 Å². The molecule has 0 radical (unpaired) electrons. The van der Waals surface area contributed by atoms with Crippen LogP contribution in [0.2, 0.25) is 0 Å². The number of aromatic nitrogens is 4. The van der Waals surface area contributed by atoms with Gasteiger partial charge in [-0.2, -0.15) is 23.4 Å². The summed E-state index contributed by atoms with van der Waals surface area (Å²) in [4.78, 5) is 21.2. The number of carboxylic acid groups (broad SMARTS) is 1. The van der Waals surface area contributed by atoms with Crippen molar-refractivity contribution < 1.29 is 27.9 Å². The molecule has 31 heavy (non-hydrogen) atoms. The molecule has 0 saturated heterocycles. The van der Waals surface area contributed by atoms with E-state index in [-0.39, 0.29) is 5.91 Å². The number of aliphatic carboxylic acids is 1. The van der Waals surface area contributed by atoms with Gasteiger partial charge in [-0.3, -0.25) is 15.0 Å². The lowest BCUT2D eigenvalue weighted by molar-refractivity contribution is -0.192. The third-order valence-electron chi connectivity index (χ3n) is 4.10. The highest BCUT2D eigenvalue weighted by Crippen LogP contribution is 2.18. The predicted octanol–water partition coefficient (Wildman–Crippen LogP) is 3.52. The maximum absolute atomic E-state index is 12.3. The van der Waals surface area contributed by atoms with Gasteiger partial charge < -0.3 is 10.4 Å². The zero-order chi connectivity index (χ0) is 22.4. The number of hydrogen-bond acceptors (Lipinski definition) is 4.